The molecular weight excluding hydrogens is 142 g/mol. The van der Waals surface area contributed by atoms with Crippen molar-refractivity contribution in [2.75, 3.05) is 19.9 Å². The number of hydrogen-bond donors (Lipinski definition) is 1. The lowest BCUT2D eigenvalue weighted by molar-refractivity contribution is 0.0819. The summed E-state index contributed by atoms with van der Waals surface area (Å²) in [5.41, 5.74) is 0.495. The van der Waals surface area contributed by atoms with Gasteiger partial charge >= 0.3 is 0 Å². The molecule has 0 aliphatic heterocycles. The van der Waals surface area contributed by atoms with Gasteiger partial charge < -0.3 is 10.7 Å². The zero-order valence-corrected chi connectivity index (χ0v) is 6.61. The highest BCUT2D eigenvalue weighted by atomic mass is 16.2. The molecule has 2 N–H and O–H groups in total. The molecule has 4 nitrogen and oxygen atoms in total. The van der Waals surface area contributed by atoms with Gasteiger partial charge in [0.25, 0.3) is 5.91 Å². The third-order valence-corrected chi connectivity index (χ3v) is 1.40. The van der Waals surface area contributed by atoms with Gasteiger partial charge in [0.05, 0.1) is 0 Å². The van der Waals surface area contributed by atoms with Gasteiger partial charge in [0.15, 0.2) is 0 Å². The van der Waals surface area contributed by atoms with E-state index in [1.54, 1.807) is 32.4 Å². The fraction of sp³-hybridized carbons (Fsp3) is 0.286. The van der Waals surface area contributed by atoms with E-state index in [-0.39, 0.29) is 5.91 Å². The summed E-state index contributed by atoms with van der Waals surface area (Å²) in [6.45, 7) is 0. The van der Waals surface area contributed by atoms with Crippen LogP contribution >= 0.6 is 0 Å². The molecule has 0 bridgehead atoms. The van der Waals surface area contributed by atoms with Gasteiger partial charge in [-0.3, -0.25) is 9.47 Å². The van der Waals surface area contributed by atoms with Crippen molar-refractivity contribution in [2.24, 2.45) is 0 Å². The zero-order chi connectivity index (χ0) is 8.43. The average molecular weight is 153 g/mol. The molecule has 1 rings (SSSR count). The molecule has 4 heteroatoms. The lowest BCUT2D eigenvalue weighted by Crippen LogP contribution is -2.26. The van der Waals surface area contributed by atoms with Crippen molar-refractivity contribution < 1.29 is 4.79 Å². The summed E-state index contributed by atoms with van der Waals surface area (Å²) in [7, 11) is 3.38. The van der Waals surface area contributed by atoms with Gasteiger partial charge in [-0.25, -0.2) is 0 Å². The minimum Gasteiger partial charge on any atom is -0.343 e. The minimum atomic E-state index is -0.0856. The lowest BCUT2D eigenvalue weighted by Gasteiger charge is -2.09. The third-order valence-electron chi connectivity index (χ3n) is 1.40. The lowest BCUT2D eigenvalue weighted by atomic mass is 10.4. The number of aromatic nitrogens is 1. The van der Waals surface area contributed by atoms with Crippen molar-refractivity contribution >= 4 is 5.91 Å². The smallest absolute Gasteiger partial charge is 0.271 e. The van der Waals surface area contributed by atoms with E-state index >= 15 is 0 Å². The van der Waals surface area contributed by atoms with E-state index in [4.69, 9.17) is 5.84 Å². The molecule has 0 fully saturated rings. The van der Waals surface area contributed by atoms with E-state index in [1.807, 2.05) is 0 Å². The Morgan fingerprint density at radius 1 is 1.64 bits per heavy atom. The molecule has 1 aromatic heterocycles. The third kappa shape index (κ3) is 1.34. The second-order valence-electron chi connectivity index (χ2n) is 2.50. The summed E-state index contributed by atoms with van der Waals surface area (Å²) in [6, 6.07) is 3.42. The van der Waals surface area contributed by atoms with Gasteiger partial charge in [-0.05, 0) is 12.1 Å². The molecule has 1 heterocycles. The predicted octanol–water partition coefficient (Wildman–Crippen LogP) is -0.0963. The van der Waals surface area contributed by atoms with Crippen molar-refractivity contribution in [3.8, 4) is 0 Å². The highest BCUT2D eigenvalue weighted by Crippen LogP contribution is 1.99. The zero-order valence-electron chi connectivity index (χ0n) is 6.61. The molecule has 60 valence electrons. The Morgan fingerprint density at radius 3 is 2.64 bits per heavy atom. The molecular formula is C7H11N3O. The molecule has 0 radical (unpaired) electrons. The largest absolute Gasteiger partial charge is 0.343 e. The van der Waals surface area contributed by atoms with Crippen LogP contribution in [0, 0.1) is 0 Å². The Hall–Kier alpha value is -1.45. The van der Waals surface area contributed by atoms with Gasteiger partial charge in [-0.1, -0.05) is 0 Å². The fourth-order valence-corrected chi connectivity index (χ4v) is 0.804. The van der Waals surface area contributed by atoms with Crippen LogP contribution in [0.15, 0.2) is 18.3 Å². The Kier molecular flexibility index (Phi) is 1.85. The maximum Gasteiger partial charge on any atom is 0.271 e. The number of hydrogen-bond acceptors (Lipinski definition) is 2. The maximum atomic E-state index is 11.3. The number of nitrogens with two attached hydrogens (primary N) is 1. The summed E-state index contributed by atoms with van der Waals surface area (Å²) in [5, 5.41) is 0. The van der Waals surface area contributed by atoms with E-state index in [0.29, 0.717) is 5.69 Å². The van der Waals surface area contributed by atoms with Crippen LogP contribution in [0.3, 0.4) is 0 Å². The molecule has 0 aliphatic carbocycles. The van der Waals surface area contributed by atoms with Crippen molar-refractivity contribution in [3.05, 3.63) is 24.0 Å². The Balaban J connectivity index is 2.93. The Bertz CT molecular complexity index is 264. The minimum absolute atomic E-state index is 0.0856. The Labute approximate surface area is 65.2 Å². The number of carbonyl (C=O) groups excluding carboxylic acids is 1. The van der Waals surface area contributed by atoms with Gasteiger partial charge in [0.2, 0.25) is 0 Å². The van der Waals surface area contributed by atoms with Crippen molar-refractivity contribution in [1.82, 2.24) is 9.58 Å². The first-order valence-electron chi connectivity index (χ1n) is 3.27. The second-order valence-corrected chi connectivity index (χ2v) is 2.50. The van der Waals surface area contributed by atoms with Crippen LogP contribution in [0.2, 0.25) is 0 Å². The van der Waals surface area contributed by atoms with Gasteiger partial charge in [0, 0.05) is 20.3 Å². The van der Waals surface area contributed by atoms with Crippen molar-refractivity contribution in [2.45, 2.75) is 0 Å². The summed E-state index contributed by atoms with van der Waals surface area (Å²) >= 11 is 0. The molecule has 0 atom stereocenters. The molecule has 0 saturated heterocycles. The number of nitrogens with zero attached hydrogens (tertiary/aromatic N) is 2. The summed E-state index contributed by atoms with van der Waals surface area (Å²) in [6.07, 6.45) is 1.64. The molecule has 0 aromatic carbocycles. The van der Waals surface area contributed by atoms with Gasteiger partial charge in [-0.15, -0.1) is 0 Å². The van der Waals surface area contributed by atoms with Crippen molar-refractivity contribution in [1.29, 1.82) is 0 Å². The highest BCUT2D eigenvalue weighted by Gasteiger charge is 2.10. The number of rotatable bonds is 1. The molecule has 0 unspecified atom stereocenters. The molecule has 1 aromatic rings. The number of amides is 1. The first kappa shape index (κ1) is 7.65. The summed E-state index contributed by atoms with van der Waals surface area (Å²) in [4.78, 5) is 12.7. The highest BCUT2D eigenvalue weighted by molar-refractivity contribution is 5.92. The van der Waals surface area contributed by atoms with E-state index in [1.165, 1.54) is 9.58 Å². The van der Waals surface area contributed by atoms with Crippen molar-refractivity contribution in [3.63, 3.8) is 0 Å². The van der Waals surface area contributed by atoms with Crippen LogP contribution in [0.4, 0.5) is 0 Å². The van der Waals surface area contributed by atoms with Crippen LogP contribution in [0.1, 0.15) is 10.5 Å². The average Bonchev–Trinajstić information content (AvgIpc) is 2.33. The van der Waals surface area contributed by atoms with E-state index in [2.05, 4.69) is 0 Å². The molecule has 0 aliphatic rings. The van der Waals surface area contributed by atoms with Crippen LogP contribution in [-0.2, 0) is 0 Å². The quantitative estimate of drug-likeness (QED) is 0.573. The maximum absolute atomic E-state index is 11.3. The SMILES string of the molecule is CN(C)C(=O)c1cccn1N. The number of nitrogen functional groups attached to an aromatic ring is 1. The first-order chi connectivity index (χ1) is 5.13. The van der Waals surface area contributed by atoms with E-state index in [0.717, 1.165) is 0 Å². The molecule has 11 heavy (non-hydrogen) atoms. The monoisotopic (exact) mass is 153 g/mol. The number of carbonyl (C=O) groups is 1. The molecule has 0 saturated carbocycles. The fourth-order valence-electron chi connectivity index (χ4n) is 0.804. The normalized spacial score (nSPS) is 9.64. The molecule has 0 spiro atoms. The molecule has 1 amide bonds. The van der Waals surface area contributed by atoms with E-state index < -0.39 is 0 Å². The Morgan fingerprint density at radius 2 is 2.27 bits per heavy atom. The first-order valence-corrected chi connectivity index (χ1v) is 3.27. The summed E-state index contributed by atoms with van der Waals surface area (Å²) in [5.74, 6) is 5.36. The topological polar surface area (TPSA) is 51.3 Å². The van der Waals surface area contributed by atoms with Gasteiger partial charge in [-0.2, -0.15) is 0 Å². The standard InChI is InChI=1S/C7H11N3O/c1-9(2)7(11)6-4-3-5-10(6)8/h3-5H,8H2,1-2H3. The van der Waals surface area contributed by atoms with Crippen LogP contribution in [-0.4, -0.2) is 29.6 Å². The summed E-state index contributed by atoms with van der Waals surface area (Å²) < 4.78 is 1.31. The van der Waals surface area contributed by atoms with Crippen LogP contribution < -0.4 is 5.84 Å². The van der Waals surface area contributed by atoms with Crippen LogP contribution in [0.5, 0.6) is 0 Å². The second kappa shape index (κ2) is 2.65. The van der Waals surface area contributed by atoms with Gasteiger partial charge in [0.1, 0.15) is 5.69 Å². The van der Waals surface area contributed by atoms with E-state index in [9.17, 15) is 4.79 Å². The predicted molar refractivity (Wildman–Crippen MR) is 42.6 cm³/mol. The van der Waals surface area contributed by atoms with Crippen LogP contribution in [0.25, 0.3) is 0 Å².